The van der Waals surface area contributed by atoms with Crippen molar-refractivity contribution in [2.75, 3.05) is 24.5 Å². The van der Waals surface area contributed by atoms with Gasteiger partial charge >= 0.3 is 0 Å². The molecule has 144 valence electrons. The summed E-state index contributed by atoms with van der Waals surface area (Å²) in [5, 5.41) is 0.655. The number of carbonyl (C=O) groups excluding carboxylic acids is 1. The number of aromatic nitrogens is 2. The predicted octanol–water partition coefficient (Wildman–Crippen LogP) is 4.01. The Kier molecular flexibility index (Phi) is 5.56. The number of halogens is 1. The van der Waals surface area contributed by atoms with E-state index in [0.717, 1.165) is 18.9 Å². The molecule has 2 aromatic rings. The number of rotatable bonds is 3. The molecular weight excluding hydrogens is 364 g/mol. The average Bonchev–Trinajstić information content (AvgIpc) is 2.62. The Balaban J connectivity index is 1.69. The van der Waals surface area contributed by atoms with Crippen LogP contribution in [0.5, 0.6) is 11.6 Å². The van der Waals surface area contributed by atoms with Crippen LogP contribution < -0.4 is 9.64 Å². The zero-order valence-corrected chi connectivity index (χ0v) is 16.9. The molecule has 3 rings (SSSR count). The number of hydrogen-bond donors (Lipinski definition) is 0. The van der Waals surface area contributed by atoms with Crippen LogP contribution >= 0.6 is 11.6 Å². The minimum atomic E-state index is -0.370. The Hall–Kier alpha value is -2.34. The molecule has 0 unspecified atom stereocenters. The molecule has 1 aliphatic rings. The van der Waals surface area contributed by atoms with Gasteiger partial charge in [0.1, 0.15) is 17.9 Å². The predicted molar refractivity (Wildman–Crippen MR) is 106 cm³/mol. The standard InChI is InChI=1S/C20H25ClN4O2/c1-14-12-24(9-10-25(14)19(26)20(2,3)4)17-11-18(23-13-22-17)27-16-7-5-15(21)6-8-16/h5-8,11,13-14H,9-10,12H2,1-4H3/t14-/m0/s1. The van der Waals surface area contributed by atoms with E-state index in [4.69, 9.17) is 16.3 Å². The highest BCUT2D eigenvalue weighted by molar-refractivity contribution is 6.30. The first-order chi connectivity index (χ1) is 12.7. The third kappa shape index (κ3) is 4.69. The molecule has 1 fully saturated rings. The zero-order chi connectivity index (χ0) is 19.6. The topological polar surface area (TPSA) is 58.6 Å². The van der Waals surface area contributed by atoms with Crippen LogP contribution in [0.2, 0.25) is 5.02 Å². The lowest BCUT2D eigenvalue weighted by atomic mass is 9.93. The summed E-state index contributed by atoms with van der Waals surface area (Å²) in [6.07, 6.45) is 1.50. The van der Waals surface area contributed by atoms with Crippen LogP contribution in [0, 0.1) is 5.41 Å². The number of carbonyl (C=O) groups is 1. The van der Waals surface area contributed by atoms with E-state index in [1.807, 2.05) is 31.7 Å². The van der Waals surface area contributed by atoms with Gasteiger partial charge in [0.15, 0.2) is 0 Å². The number of piperazine rings is 1. The number of hydrogen-bond acceptors (Lipinski definition) is 5. The van der Waals surface area contributed by atoms with Crippen molar-refractivity contribution in [1.82, 2.24) is 14.9 Å². The third-order valence-electron chi connectivity index (χ3n) is 4.52. The molecule has 0 N–H and O–H groups in total. The molecule has 1 saturated heterocycles. The quantitative estimate of drug-likeness (QED) is 0.795. The van der Waals surface area contributed by atoms with Crippen molar-refractivity contribution in [3.05, 3.63) is 41.7 Å². The first-order valence-electron chi connectivity index (χ1n) is 9.05. The van der Waals surface area contributed by atoms with Crippen molar-refractivity contribution in [2.24, 2.45) is 5.41 Å². The van der Waals surface area contributed by atoms with Crippen LogP contribution in [0.1, 0.15) is 27.7 Å². The van der Waals surface area contributed by atoms with Crippen molar-refractivity contribution in [1.29, 1.82) is 0 Å². The molecule has 0 radical (unpaired) electrons. The molecule has 1 atom stereocenters. The number of benzene rings is 1. The van der Waals surface area contributed by atoms with Gasteiger partial charge in [0.25, 0.3) is 0 Å². The summed E-state index contributed by atoms with van der Waals surface area (Å²) in [6, 6.07) is 9.06. The van der Waals surface area contributed by atoms with Gasteiger partial charge in [-0.1, -0.05) is 32.4 Å². The summed E-state index contributed by atoms with van der Waals surface area (Å²) in [7, 11) is 0. The summed E-state index contributed by atoms with van der Waals surface area (Å²) in [5.41, 5.74) is -0.370. The van der Waals surface area contributed by atoms with E-state index in [9.17, 15) is 4.79 Å². The van der Waals surface area contributed by atoms with Crippen molar-refractivity contribution in [3.8, 4) is 11.6 Å². The van der Waals surface area contributed by atoms with Gasteiger partial charge in [-0.25, -0.2) is 9.97 Å². The van der Waals surface area contributed by atoms with Crippen molar-refractivity contribution in [2.45, 2.75) is 33.7 Å². The van der Waals surface area contributed by atoms with Gasteiger partial charge in [-0.3, -0.25) is 4.79 Å². The molecular formula is C20H25ClN4O2. The Labute approximate surface area is 165 Å². The van der Waals surface area contributed by atoms with Gasteiger partial charge in [-0.2, -0.15) is 0 Å². The van der Waals surface area contributed by atoms with Gasteiger partial charge < -0.3 is 14.5 Å². The average molecular weight is 389 g/mol. The van der Waals surface area contributed by atoms with Gasteiger partial charge in [0, 0.05) is 42.2 Å². The number of anilines is 1. The van der Waals surface area contributed by atoms with Crippen molar-refractivity contribution in [3.63, 3.8) is 0 Å². The van der Waals surface area contributed by atoms with Crippen LogP contribution in [-0.2, 0) is 4.79 Å². The molecule has 1 aromatic heterocycles. The highest BCUT2D eigenvalue weighted by atomic mass is 35.5. The van der Waals surface area contributed by atoms with Gasteiger partial charge in [0.05, 0.1) is 0 Å². The van der Waals surface area contributed by atoms with Crippen molar-refractivity contribution < 1.29 is 9.53 Å². The Morgan fingerprint density at radius 3 is 2.52 bits per heavy atom. The molecule has 0 saturated carbocycles. The van der Waals surface area contributed by atoms with Gasteiger partial charge in [-0.05, 0) is 31.2 Å². The monoisotopic (exact) mass is 388 g/mol. The lowest BCUT2D eigenvalue weighted by Crippen LogP contribution is -2.56. The fourth-order valence-electron chi connectivity index (χ4n) is 3.08. The Morgan fingerprint density at radius 2 is 1.89 bits per heavy atom. The first kappa shape index (κ1) is 19.4. The van der Waals surface area contributed by atoms with Crippen LogP contribution in [0.4, 0.5) is 5.82 Å². The van der Waals surface area contributed by atoms with Crippen LogP contribution in [0.25, 0.3) is 0 Å². The summed E-state index contributed by atoms with van der Waals surface area (Å²) in [6.45, 7) is 10.1. The maximum Gasteiger partial charge on any atom is 0.228 e. The highest BCUT2D eigenvalue weighted by Crippen LogP contribution is 2.26. The fourth-order valence-corrected chi connectivity index (χ4v) is 3.21. The zero-order valence-electron chi connectivity index (χ0n) is 16.1. The minimum Gasteiger partial charge on any atom is -0.439 e. The molecule has 0 aliphatic carbocycles. The number of amides is 1. The molecule has 1 aliphatic heterocycles. The van der Waals surface area contributed by atoms with E-state index in [1.165, 1.54) is 6.33 Å². The van der Waals surface area contributed by atoms with Gasteiger partial charge in [0.2, 0.25) is 11.8 Å². The molecule has 0 spiro atoms. The van der Waals surface area contributed by atoms with E-state index in [-0.39, 0.29) is 17.4 Å². The van der Waals surface area contributed by atoms with E-state index < -0.39 is 0 Å². The molecule has 27 heavy (non-hydrogen) atoms. The maximum absolute atomic E-state index is 12.6. The molecule has 0 bridgehead atoms. The normalized spacial score (nSPS) is 17.7. The van der Waals surface area contributed by atoms with E-state index >= 15 is 0 Å². The van der Waals surface area contributed by atoms with Crippen LogP contribution in [0.15, 0.2) is 36.7 Å². The SMILES string of the molecule is C[C@H]1CN(c2cc(Oc3ccc(Cl)cc3)ncn2)CCN1C(=O)C(C)(C)C. The van der Waals surface area contributed by atoms with E-state index in [2.05, 4.69) is 21.8 Å². The Morgan fingerprint density at radius 1 is 1.19 bits per heavy atom. The summed E-state index contributed by atoms with van der Waals surface area (Å²) in [4.78, 5) is 25.3. The fraction of sp³-hybridized carbons (Fsp3) is 0.450. The summed E-state index contributed by atoms with van der Waals surface area (Å²) in [5.74, 6) is 2.12. The van der Waals surface area contributed by atoms with Gasteiger partial charge in [-0.15, -0.1) is 0 Å². The summed E-state index contributed by atoms with van der Waals surface area (Å²) >= 11 is 5.90. The van der Waals surface area contributed by atoms with Crippen LogP contribution in [0.3, 0.4) is 0 Å². The minimum absolute atomic E-state index is 0.112. The lowest BCUT2D eigenvalue weighted by Gasteiger charge is -2.42. The van der Waals surface area contributed by atoms with Crippen LogP contribution in [-0.4, -0.2) is 46.5 Å². The number of ether oxygens (including phenoxy) is 1. The second kappa shape index (κ2) is 7.72. The first-order valence-corrected chi connectivity index (χ1v) is 9.43. The molecule has 2 heterocycles. The molecule has 6 nitrogen and oxygen atoms in total. The largest absolute Gasteiger partial charge is 0.439 e. The smallest absolute Gasteiger partial charge is 0.228 e. The number of nitrogens with zero attached hydrogens (tertiary/aromatic N) is 4. The second-order valence-corrected chi connectivity index (χ2v) is 8.25. The molecule has 1 amide bonds. The second-order valence-electron chi connectivity index (χ2n) is 7.81. The third-order valence-corrected chi connectivity index (χ3v) is 4.77. The van der Waals surface area contributed by atoms with E-state index in [0.29, 0.717) is 23.2 Å². The van der Waals surface area contributed by atoms with Crippen molar-refractivity contribution >= 4 is 23.3 Å². The van der Waals surface area contributed by atoms with E-state index in [1.54, 1.807) is 24.3 Å². The summed E-state index contributed by atoms with van der Waals surface area (Å²) < 4.78 is 5.79. The lowest BCUT2D eigenvalue weighted by molar-refractivity contribution is -0.142. The maximum atomic E-state index is 12.6. The Bertz CT molecular complexity index is 804. The molecule has 7 heteroatoms. The molecule has 1 aromatic carbocycles. The highest BCUT2D eigenvalue weighted by Gasteiger charge is 2.34.